The molecule has 0 heterocycles. The van der Waals surface area contributed by atoms with Crippen molar-refractivity contribution in [2.24, 2.45) is 0 Å². The first kappa shape index (κ1) is 10.0. The lowest BCUT2D eigenvalue weighted by Crippen LogP contribution is -1.87. The summed E-state index contributed by atoms with van der Waals surface area (Å²) in [7, 11) is 0. The second-order valence-electron chi connectivity index (χ2n) is 2.80. The van der Waals surface area contributed by atoms with Crippen LogP contribution in [-0.2, 0) is 4.79 Å². The molecule has 0 amide bonds. The van der Waals surface area contributed by atoms with Crippen LogP contribution in [0.25, 0.3) is 10.6 Å². The molecule has 0 radical (unpaired) electrons. The van der Waals surface area contributed by atoms with E-state index < -0.39 is 0 Å². The predicted molar refractivity (Wildman–Crippen MR) is 54.0 cm³/mol. The van der Waals surface area contributed by atoms with Gasteiger partial charge in [0.1, 0.15) is 5.76 Å². The van der Waals surface area contributed by atoms with Crippen molar-refractivity contribution in [3.05, 3.63) is 47.3 Å². The van der Waals surface area contributed by atoms with Gasteiger partial charge >= 0.3 is 0 Å². The number of carbonyl (C=O) groups excluding carboxylic acids is 1. The van der Waals surface area contributed by atoms with Gasteiger partial charge in [-0.3, -0.25) is 4.79 Å². The Balaban J connectivity index is 2.99. The maximum atomic E-state index is 10.7. The van der Waals surface area contributed by atoms with Crippen LogP contribution in [0.4, 0.5) is 5.69 Å². The zero-order valence-electron chi connectivity index (χ0n) is 7.69. The minimum Gasteiger partial charge on any atom is -0.507 e. The number of rotatable bonds is 2. The van der Waals surface area contributed by atoms with Crippen LogP contribution in [0.3, 0.4) is 0 Å². The third-order valence-electron chi connectivity index (χ3n) is 1.63. The van der Waals surface area contributed by atoms with Crippen LogP contribution in [0.5, 0.6) is 0 Å². The highest BCUT2D eigenvalue weighted by molar-refractivity contribution is 5.93. The maximum absolute atomic E-state index is 10.7. The van der Waals surface area contributed by atoms with E-state index in [0.29, 0.717) is 11.3 Å². The average molecular weight is 187 g/mol. The fourth-order valence-corrected chi connectivity index (χ4v) is 0.983. The number of aliphatic hydroxyl groups excluding tert-OH is 1. The van der Waals surface area contributed by atoms with E-state index in [9.17, 15) is 9.90 Å². The molecule has 0 aliphatic carbocycles. The monoisotopic (exact) mass is 187 g/mol. The van der Waals surface area contributed by atoms with E-state index in [-0.39, 0.29) is 11.5 Å². The van der Waals surface area contributed by atoms with Crippen molar-refractivity contribution >= 4 is 17.2 Å². The molecule has 0 spiro atoms. The molecule has 0 unspecified atom stereocenters. The molecule has 0 aliphatic rings. The van der Waals surface area contributed by atoms with Gasteiger partial charge in [-0.15, -0.1) is 0 Å². The summed E-state index contributed by atoms with van der Waals surface area (Å²) < 4.78 is 0. The van der Waals surface area contributed by atoms with Crippen molar-refractivity contribution in [2.75, 3.05) is 0 Å². The Morgan fingerprint density at radius 3 is 2.43 bits per heavy atom. The van der Waals surface area contributed by atoms with Crippen molar-refractivity contribution in [3.8, 4) is 0 Å². The van der Waals surface area contributed by atoms with Gasteiger partial charge in [0, 0.05) is 11.6 Å². The normalized spacial score (nSPS) is 10.7. The van der Waals surface area contributed by atoms with Gasteiger partial charge in [-0.05, 0) is 6.92 Å². The molecule has 14 heavy (non-hydrogen) atoms. The Morgan fingerprint density at radius 2 is 2.00 bits per heavy atom. The van der Waals surface area contributed by atoms with Gasteiger partial charge in [-0.25, -0.2) is 4.85 Å². The highest BCUT2D eigenvalue weighted by atomic mass is 16.3. The maximum Gasteiger partial charge on any atom is 0.187 e. The van der Waals surface area contributed by atoms with Gasteiger partial charge in [0.2, 0.25) is 0 Å². The Kier molecular flexibility index (Phi) is 3.03. The van der Waals surface area contributed by atoms with Gasteiger partial charge in [0.25, 0.3) is 0 Å². The summed E-state index contributed by atoms with van der Waals surface area (Å²) in [5.74, 6) is -0.286. The van der Waals surface area contributed by atoms with Crippen LogP contribution in [0, 0.1) is 6.57 Å². The fourth-order valence-electron chi connectivity index (χ4n) is 0.983. The Bertz CT molecular complexity index is 410. The van der Waals surface area contributed by atoms with Crippen LogP contribution in [-0.4, -0.2) is 10.9 Å². The molecule has 70 valence electrons. The SMILES string of the molecule is [C-]#[N+]c1ccc(/C(O)=C/C(C)=O)cc1. The lowest BCUT2D eigenvalue weighted by Gasteiger charge is -1.98. The number of ketones is 1. The molecule has 3 heteroatoms. The summed E-state index contributed by atoms with van der Waals surface area (Å²) in [6, 6.07) is 6.38. The summed E-state index contributed by atoms with van der Waals surface area (Å²) in [6.45, 7) is 8.09. The molecule has 0 aliphatic heterocycles. The lowest BCUT2D eigenvalue weighted by molar-refractivity contribution is -0.112. The van der Waals surface area contributed by atoms with Crippen LogP contribution in [0.1, 0.15) is 12.5 Å². The van der Waals surface area contributed by atoms with Crippen LogP contribution in [0.15, 0.2) is 30.3 Å². The van der Waals surface area contributed by atoms with Crippen molar-refractivity contribution in [3.63, 3.8) is 0 Å². The Labute approximate surface area is 82.1 Å². The molecular weight excluding hydrogens is 178 g/mol. The minimum absolute atomic E-state index is 0.0750. The number of carbonyl (C=O) groups is 1. The number of nitrogens with zero attached hydrogens (tertiary/aromatic N) is 1. The van der Waals surface area contributed by atoms with Crippen LogP contribution < -0.4 is 0 Å². The third-order valence-corrected chi connectivity index (χ3v) is 1.63. The molecule has 0 saturated heterocycles. The average Bonchev–Trinajstić information content (AvgIpc) is 2.17. The first-order valence-corrected chi connectivity index (χ1v) is 4.02. The predicted octanol–water partition coefficient (Wildman–Crippen LogP) is 2.73. The zero-order chi connectivity index (χ0) is 10.6. The Morgan fingerprint density at radius 1 is 1.43 bits per heavy atom. The fraction of sp³-hybridized carbons (Fsp3) is 0.0909. The van der Waals surface area contributed by atoms with Gasteiger partial charge < -0.3 is 5.11 Å². The summed E-state index contributed by atoms with van der Waals surface area (Å²) in [4.78, 5) is 13.9. The van der Waals surface area contributed by atoms with E-state index in [1.807, 2.05) is 0 Å². The largest absolute Gasteiger partial charge is 0.507 e. The van der Waals surface area contributed by atoms with Crippen molar-refractivity contribution < 1.29 is 9.90 Å². The van der Waals surface area contributed by atoms with E-state index >= 15 is 0 Å². The molecule has 0 aromatic heterocycles. The second-order valence-corrected chi connectivity index (χ2v) is 2.80. The standard InChI is InChI=1S/C11H9NO2/c1-8(13)7-11(14)9-3-5-10(12-2)6-4-9/h3-7,14H,1H3/b11-7-. The third kappa shape index (κ3) is 2.46. The van der Waals surface area contributed by atoms with E-state index in [1.165, 1.54) is 6.92 Å². The smallest absolute Gasteiger partial charge is 0.187 e. The summed E-state index contributed by atoms with van der Waals surface area (Å²) in [6.07, 6.45) is 1.15. The molecule has 1 aromatic carbocycles. The number of hydrogen-bond acceptors (Lipinski definition) is 2. The summed E-state index contributed by atoms with van der Waals surface area (Å²) in [5.41, 5.74) is 1.04. The number of benzene rings is 1. The highest BCUT2D eigenvalue weighted by Crippen LogP contribution is 2.17. The van der Waals surface area contributed by atoms with Crippen LogP contribution in [0.2, 0.25) is 0 Å². The van der Waals surface area contributed by atoms with Crippen molar-refractivity contribution in [2.45, 2.75) is 6.92 Å². The molecule has 0 atom stereocenters. The minimum atomic E-state index is -0.211. The lowest BCUT2D eigenvalue weighted by atomic mass is 10.1. The number of aliphatic hydroxyl groups is 1. The molecule has 3 nitrogen and oxygen atoms in total. The van der Waals surface area contributed by atoms with E-state index in [1.54, 1.807) is 24.3 Å². The van der Waals surface area contributed by atoms with Gasteiger partial charge in [-0.2, -0.15) is 0 Å². The first-order valence-electron chi connectivity index (χ1n) is 4.02. The van der Waals surface area contributed by atoms with E-state index in [2.05, 4.69) is 4.85 Å². The van der Waals surface area contributed by atoms with Crippen LogP contribution >= 0.6 is 0 Å². The highest BCUT2D eigenvalue weighted by Gasteiger charge is 1.99. The number of allylic oxidation sites excluding steroid dienone is 1. The van der Waals surface area contributed by atoms with E-state index in [0.717, 1.165) is 6.08 Å². The van der Waals surface area contributed by atoms with Gasteiger partial charge in [-0.1, -0.05) is 24.3 Å². The second kappa shape index (κ2) is 4.24. The van der Waals surface area contributed by atoms with E-state index in [4.69, 9.17) is 6.57 Å². The first-order chi connectivity index (χ1) is 6.63. The molecule has 1 rings (SSSR count). The molecule has 1 N–H and O–H groups in total. The van der Waals surface area contributed by atoms with Gasteiger partial charge in [0.05, 0.1) is 6.57 Å². The quantitative estimate of drug-likeness (QED) is 0.439. The van der Waals surface area contributed by atoms with Crippen molar-refractivity contribution in [1.82, 2.24) is 0 Å². The number of hydrogen-bond donors (Lipinski definition) is 1. The topological polar surface area (TPSA) is 41.7 Å². The zero-order valence-corrected chi connectivity index (χ0v) is 7.69. The van der Waals surface area contributed by atoms with Crippen molar-refractivity contribution in [1.29, 1.82) is 0 Å². The van der Waals surface area contributed by atoms with Gasteiger partial charge in [0.15, 0.2) is 11.5 Å². The molecular formula is C11H9NO2. The molecule has 0 fully saturated rings. The Hall–Kier alpha value is -2.08. The summed E-state index contributed by atoms with van der Waals surface area (Å²) in [5, 5.41) is 9.42. The molecule has 0 saturated carbocycles. The molecule has 1 aromatic rings. The summed E-state index contributed by atoms with van der Waals surface area (Å²) >= 11 is 0. The molecule has 0 bridgehead atoms.